The first-order valence-electron chi connectivity index (χ1n) is 6.10. The van der Waals surface area contributed by atoms with E-state index in [-0.39, 0.29) is 11.8 Å². The van der Waals surface area contributed by atoms with Crippen molar-refractivity contribution in [2.24, 2.45) is 5.92 Å². The molecule has 0 aromatic carbocycles. The highest BCUT2D eigenvalue weighted by molar-refractivity contribution is 6.29. The lowest BCUT2D eigenvalue weighted by molar-refractivity contribution is -0.133. The fourth-order valence-corrected chi connectivity index (χ4v) is 2.36. The standard InChI is InChI=1S/C14H17ClN2O/c1-17(2)14(18)11-5-3-10(4-6-11)12-7-8-13(15)16-9-12/h3,7-9,11H,4-6H2,1-2H3/t11-/m1/s1. The lowest BCUT2D eigenvalue weighted by Crippen LogP contribution is -2.30. The van der Waals surface area contributed by atoms with Crippen LogP contribution in [0.5, 0.6) is 0 Å². The van der Waals surface area contributed by atoms with Crippen molar-refractivity contribution in [1.82, 2.24) is 9.88 Å². The van der Waals surface area contributed by atoms with Gasteiger partial charge in [-0.3, -0.25) is 4.79 Å². The van der Waals surface area contributed by atoms with E-state index in [1.807, 2.05) is 20.2 Å². The largest absolute Gasteiger partial charge is 0.349 e. The molecule has 2 rings (SSSR count). The number of pyridine rings is 1. The van der Waals surface area contributed by atoms with Crippen LogP contribution < -0.4 is 0 Å². The Labute approximate surface area is 112 Å². The topological polar surface area (TPSA) is 33.2 Å². The van der Waals surface area contributed by atoms with Gasteiger partial charge in [0.05, 0.1) is 0 Å². The molecule has 1 amide bonds. The summed E-state index contributed by atoms with van der Waals surface area (Å²) in [5.41, 5.74) is 2.37. The Kier molecular flexibility index (Phi) is 4.02. The molecule has 0 spiro atoms. The van der Waals surface area contributed by atoms with Crippen LogP contribution in [0.1, 0.15) is 24.8 Å². The highest BCUT2D eigenvalue weighted by atomic mass is 35.5. The zero-order valence-corrected chi connectivity index (χ0v) is 11.4. The average molecular weight is 265 g/mol. The molecule has 0 aliphatic heterocycles. The SMILES string of the molecule is CN(C)C(=O)[C@@H]1CC=C(c2ccc(Cl)nc2)CC1. The van der Waals surface area contributed by atoms with E-state index in [1.54, 1.807) is 17.2 Å². The van der Waals surface area contributed by atoms with Gasteiger partial charge in [0.1, 0.15) is 5.15 Å². The number of halogens is 1. The summed E-state index contributed by atoms with van der Waals surface area (Å²) in [5.74, 6) is 0.351. The van der Waals surface area contributed by atoms with E-state index in [1.165, 1.54) is 5.57 Å². The van der Waals surface area contributed by atoms with Gasteiger partial charge in [-0.2, -0.15) is 0 Å². The summed E-state index contributed by atoms with van der Waals surface area (Å²) in [6.07, 6.45) is 6.59. The first-order valence-corrected chi connectivity index (χ1v) is 6.48. The van der Waals surface area contributed by atoms with Gasteiger partial charge in [-0.1, -0.05) is 23.7 Å². The predicted molar refractivity (Wildman–Crippen MR) is 73.3 cm³/mol. The molecule has 0 bridgehead atoms. The average Bonchev–Trinajstić information content (AvgIpc) is 2.39. The van der Waals surface area contributed by atoms with Gasteiger partial charge in [-0.05, 0) is 36.5 Å². The number of hydrogen-bond acceptors (Lipinski definition) is 2. The summed E-state index contributed by atoms with van der Waals surface area (Å²) < 4.78 is 0. The van der Waals surface area contributed by atoms with Gasteiger partial charge in [-0.25, -0.2) is 4.98 Å². The van der Waals surface area contributed by atoms with Crippen molar-refractivity contribution in [3.05, 3.63) is 35.1 Å². The molecular weight excluding hydrogens is 248 g/mol. The fourth-order valence-electron chi connectivity index (χ4n) is 2.25. The molecule has 0 fully saturated rings. The third-order valence-electron chi connectivity index (χ3n) is 3.30. The van der Waals surface area contributed by atoms with Crippen LogP contribution in [0, 0.1) is 5.92 Å². The first kappa shape index (κ1) is 13.1. The lowest BCUT2D eigenvalue weighted by Gasteiger charge is -2.24. The van der Waals surface area contributed by atoms with Crippen molar-refractivity contribution in [2.45, 2.75) is 19.3 Å². The summed E-state index contributed by atoms with van der Waals surface area (Å²) in [4.78, 5) is 17.6. The number of amides is 1. The molecule has 0 saturated heterocycles. The molecule has 1 aliphatic rings. The number of carbonyl (C=O) groups is 1. The molecule has 0 saturated carbocycles. The number of aromatic nitrogens is 1. The van der Waals surface area contributed by atoms with E-state index in [9.17, 15) is 4.79 Å². The summed E-state index contributed by atoms with van der Waals surface area (Å²) in [5, 5.41) is 0.510. The fraction of sp³-hybridized carbons (Fsp3) is 0.429. The van der Waals surface area contributed by atoms with Gasteiger partial charge >= 0.3 is 0 Å². The van der Waals surface area contributed by atoms with Crippen LogP contribution in [-0.4, -0.2) is 29.9 Å². The molecule has 0 N–H and O–H groups in total. The maximum Gasteiger partial charge on any atom is 0.225 e. The van der Waals surface area contributed by atoms with E-state index < -0.39 is 0 Å². The third-order valence-corrected chi connectivity index (χ3v) is 3.52. The van der Waals surface area contributed by atoms with Crippen LogP contribution in [0.15, 0.2) is 24.4 Å². The van der Waals surface area contributed by atoms with Crippen LogP contribution >= 0.6 is 11.6 Å². The highest BCUT2D eigenvalue weighted by Crippen LogP contribution is 2.30. The molecule has 96 valence electrons. The van der Waals surface area contributed by atoms with Gasteiger partial charge in [0.2, 0.25) is 5.91 Å². The van der Waals surface area contributed by atoms with Crippen molar-refractivity contribution < 1.29 is 4.79 Å². The van der Waals surface area contributed by atoms with Crippen LogP contribution in [-0.2, 0) is 4.79 Å². The predicted octanol–water partition coefficient (Wildman–Crippen LogP) is 3.01. The molecule has 1 atom stereocenters. The number of rotatable bonds is 2. The number of hydrogen-bond donors (Lipinski definition) is 0. The molecule has 3 nitrogen and oxygen atoms in total. The molecule has 1 heterocycles. The molecule has 1 aliphatic carbocycles. The van der Waals surface area contributed by atoms with Gasteiger partial charge in [-0.15, -0.1) is 0 Å². The molecule has 1 aromatic heterocycles. The minimum absolute atomic E-state index is 0.129. The van der Waals surface area contributed by atoms with Crippen molar-refractivity contribution in [3.63, 3.8) is 0 Å². The summed E-state index contributed by atoms with van der Waals surface area (Å²) in [6.45, 7) is 0. The number of carbonyl (C=O) groups excluding carboxylic acids is 1. The van der Waals surface area contributed by atoms with Crippen molar-refractivity contribution in [3.8, 4) is 0 Å². The minimum atomic E-state index is 0.129. The Morgan fingerprint density at radius 2 is 2.22 bits per heavy atom. The molecular formula is C14H17ClN2O. The first-order chi connectivity index (χ1) is 8.58. The Hall–Kier alpha value is -1.35. The minimum Gasteiger partial charge on any atom is -0.349 e. The lowest BCUT2D eigenvalue weighted by atomic mass is 9.86. The van der Waals surface area contributed by atoms with Gasteiger partial charge in [0.15, 0.2) is 0 Å². The normalized spacial score (nSPS) is 19.3. The molecule has 18 heavy (non-hydrogen) atoms. The third kappa shape index (κ3) is 2.91. The Morgan fingerprint density at radius 1 is 1.44 bits per heavy atom. The molecule has 0 unspecified atom stereocenters. The van der Waals surface area contributed by atoms with E-state index in [4.69, 9.17) is 11.6 Å². The van der Waals surface area contributed by atoms with Crippen molar-refractivity contribution in [2.75, 3.05) is 14.1 Å². The van der Waals surface area contributed by atoms with E-state index in [0.29, 0.717) is 5.15 Å². The zero-order valence-electron chi connectivity index (χ0n) is 10.7. The Balaban J connectivity index is 2.07. The second-order valence-corrected chi connectivity index (χ2v) is 5.19. The monoisotopic (exact) mass is 264 g/mol. The summed E-state index contributed by atoms with van der Waals surface area (Å²) in [6, 6.07) is 3.78. The van der Waals surface area contributed by atoms with Gasteiger partial charge in [0, 0.05) is 26.2 Å². The zero-order chi connectivity index (χ0) is 13.1. The maximum atomic E-state index is 11.9. The number of allylic oxidation sites excluding steroid dienone is 2. The molecule has 0 radical (unpaired) electrons. The summed E-state index contributed by atoms with van der Waals surface area (Å²) >= 11 is 5.77. The second kappa shape index (κ2) is 5.53. The van der Waals surface area contributed by atoms with Crippen LogP contribution in [0.25, 0.3) is 5.57 Å². The van der Waals surface area contributed by atoms with E-state index in [0.717, 1.165) is 24.8 Å². The summed E-state index contributed by atoms with van der Waals surface area (Å²) in [7, 11) is 3.62. The number of nitrogens with zero attached hydrogens (tertiary/aromatic N) is 2. The van der Waals surface area contributed by atoms with E-state index in [2.05, 4.69) is 11.1 Å². The highest BCUT2D eigenvalue weighted by Gasteiger charge is 2.23. The Morgan fingerprint density at radius 3 is 2.72 bits per heavy atom. The van der Waals surface area contributed by atoms with Gasteiger partial charge < -0.3 is 4.90 Å². The van der Waals surface area contributed by atoms with Crippen LogP contribution in [0.3, 0.4) is 0 Å². The van der Waals surface area contributed by atoms with Crippen molar-refractivity contribution >= 4 is 23.1 Å². The van der Waals surface area contributed by atoms with Gasteiger partial charge in [0.25, 0.3) is 0 Å². The molecule has 1 aromatic rings. The smallest absolute Gasteiger partial charge is 0.225 e. The quantitative estimate of drug-likeness (QED) is 0.770. The maximum absolute atomic E-state index is 11.9. The second-order valence-electron chi connectivity index (χ2n) is 4.80. The van der Waals surface area contributed by atoms with Crippen LogP contribution in [0.2, 0.25) is 5.15 Å². The Bertz CT molecular complexity index is 465. The van der Waals surface area contributed by atoms with Crippen molar-refractivity contribution in [1.29, 1.82) is 0 Å². The molecule has 4 heteroatoms. The van der Waals surface area contributed by atoms with Crippen LogP contribution in [0.4, 0.5) is 0 Å². The van der Waals surface area contributed by atoms with E-state index >= 15 is 0 Å².